The maximum Gasteiger partial charge on any atom is 0.798 e. The Morgan fingerprint density at radius 2 is 1.88 bits per heavy atom. The van der Waals surface area contributed by atoms with Crippen molar-refractivity contribution in [3.05, 3.63) is 45.2 Å². The highest BCUT2D eigenvalue weighted by Gasteiger charge is 2.41. The summed E-state index contributed by atoms with van der Waals surface area (Å²) in [7, 11) is -3.46. The lowest BCUT2D eigenvalue weighted by atomic mass is 10.1. The molecule has 3 rings (SSSR count). The lowest BCUT2D eigenvalue weighted by molar-refractivity contribution is 0.0693. The maximum atomic E-state index is 13.8. The van der Waals surface area contributed by atoms with Crippen LogP contribution in [0.25, 0.3) is 10.9 Å². The van der Waals surface area contributed by atoms with Crippen LogP contribution in [0.4, 0.5) is 21.8 Å². The summed E-state index contributed by atoms with van der Waals surface area (Å²) < 4.78 is 70.1. The van der Waals surface area contributed by atoms with Crippen LogP contribution in [0.2, 0.25) is 0 Å². The van der Waals surface area contributed by atoms with E-state index in [9.17, 15) is 31.4 Å². The Balaban J connectivity index is 0.00000117. The van der Waals surface area contributed by atoms with Gasteiger partial charge in [-0.1, -0.05) is 13.8 Å². The van der Waals surface area contributed by atoms with Crippen molar-refractivity contribution in [3.63, 3.8) is 0 Å². The van der Waals surface area contributed by atoms with Crippen molar-refractivity contribution in [2.75, 3.05) is 0 Å². The number of hydrogen-bond donors (Lipinski definition) is 0. The highest BCUT2D eigenvalue weighted by atomic mass is 19.2. The lowest BCUT2D eigenvalue weighted by Gasteiger charge is -2.15. The number of carbonyl (C=O) groups excluding carboxylic acids is 1. The van der Waals surface area contributed by atoms with Gasteiger partial charge in [-0.3, -0.25) is 4.79 Å². The Labute approximate surface area is 145 Å². The van der Waals surface area contributed by atoms with E-state index < -0.39 is 53.7 Å². The Kier molecular flexibility index (Phi) is 5.73. The molecule has 0 spiro atoms. The average Bonchev–Trinajstić information content (AvgIpc) is 3.31. The zero-order valence-corrected chi connectivity index (χ0v) is 14.2. The van der Waals surface area contributed by atoms with E-state index in [4.69, 9.17) is 0 Å². The van der Waals surface area contributed by atoms with Crippen LogP contribution in [0.15, 0.2) is 17.1 Å². The highest BCUT2D eigenvalue weighted by Crippen LogP contribution is 2.41. The zero-order valence-electron chi connectivity index (χ0n) is 14.2. The predicted octanol–water partition coefficient (Wildman–Crippen LogP) is 3.98. The van der Waals surface area contributed by atoms with Gasteiger partial charge in [-0.15, -0.1) is 0 Å². The number of hydrogen-bond acceptors (Lipinski definition) is 3. The van der Waals surface area contributed by atoms with Crippen LogP contribution in [0.1, 0.15) is 42.2 Å². The fourth-order valence-electron chi connectivity index (χ4n) is 2.65. The minimum atomic E-state index is -3.46. The van der Waals surface area contributed by atoms with Gasteiger partial charge < -0.3 is 9.22 Å². The molecule has 2 aromatic rings. The van der Waals surface area contributed by atoms with Gasteiger partial charge in [-0.05, 0) is 13.0 Å². The SMILES string of the molecule is CC.Cc1c(F)c(F)cc2c(=O)c(C(=O)OB(F)F)cn(C3CC3F)c12. The van der Waals surface area contributed by atoms with Crippen LogP contribution in [-0.4, -0.2) is 24.2 Å². The molecule has 10 heteroatoms. The normalized spacial score (nSPS) is 18.2. The minimum absolute atomic E-state index is 0.0414. The molecule has 0 bridgehead atoms. The number of carbonyl (C=O) groups is 1. The Morgan fingerprint density at radius 1 is 1.31 bits per heavy atom. The molecule has 0 N–H and O–H groups in total. The maximum absolute atomic E-state index is 13.8. The number of pyridine rings is 1. The van der Waals surface area contributed by atoms with Gasteiger partial charge in [0.15, 0.2) is 11.6 Å². The molecule has 140 valence electrons. The molecule has 1 aliphatic rings. The van der Waals surface area contributed by atoms with Crippen LogP contribution >= 0.6 is 0 Å². The summed E-state index contributed by atoms with van der Waals surface area (Å²) in [4.78, 5) is 24.0. The van der Waals surface area contributed by atoms with Crippen molar-refractivity contribution in [3.8, 4) is 0 Å². The summed E-state index contributed by atoms with van der Waals surface area (Å²) in [6.45, 7) is 5.20. The van der Waals surface area contributed by atoms with E-state index in [0.717, 1.165) is 10.8 Å². The monoisotopic (exact) mass is 375 g/mol. The van der Waals surface area contributed by atoms with E-state index >= 15 is 0 Å². The Morgan fingerprint density at radius 3 is 2.38 bits per heavy atom. The average molecular weight is 375 g/mol. The fraction of sp³-hybridized carbons (Fsp3) is 0.375. The lowest BCUT2D eigenvalue weighted by Crippen LogP contribution is -2.24. The standard InChI is InChI=1S/C14H9BF5NO3.C2H6/c1-5-11(18)9(17)2-6-12(5)21(10-3-8(10)16)4-7(13(6)22)14(23)24-15(19)20;1-2/h2,4,8,10H,3H2,1H3;1-2H3. The molecular formula is C16H15BF5NO3. The van der Waals surface area contributed by atoms with Gasteiger partial charge in [-0.2, -0.15) is 0 Å². The molecule has 0 amide bonds. The smallest absolute Gasteiger partial charge is 0.474 e. The summed E-state index contributed by atoms with van der Waals surface area (Å²) in [6, 6.07) is -0.236. The van der Waals surface area contributed by atoms with E-state index in [1.54, 1.807) is 0 Å². The molecule has 0 saturated heterocycles. The van der Waals surface area contributed by atoms with Crippen molar-refractivity contribution in [2.45, 2.75) is 39.4 Å². The zero-order chi connectivity index (χ0) is 19.8. The minimum Gasteiger partial charge on any atom is -0.474 e. The van der Waals surface area contributed by atoms with Crippen LogP contribution < -0.4 is 5.43 Å². The molecular weight excluding hydrogens is 360 g/mol. The number of nitrogens with zero attached hydrogens (tertiary/aromatic N) is 1. The third-order valence-corrected chi connectivity index (χ3v) is 3.89. The number of fused-ring (bicyclic) bond motifs is 1. The molecule has 1 heterocycles. The second-order valence-corrected chi connectivity index (χ2v) is 5.46. The molecule has 1 aromatic heterocycles. The highest BCUT2D eigenvalue weighted by molar-refractivity contribution is 6.38. The van der Waals surface area contributed by atoms with Crippen LogP contribution in [-0.2, 0) is 4.65 Å². The number of aromatic nitrogens is 1. The number of halogens is 5. The van der Waals surface area contributed by atoms with Gasteiger partial charge in [-0.25, -0.2) is 26.6 Å². The van der Waals surface area contributed by atoms with Crippen LogP contribution in [0.5, 0.6) is 0 Å². The van der Waals surface area contributed by atoms with Crippen LogP contribution in [0.3, 0.4) is 0 Å². The molecule has 1 saturated carbocycles. The molecule has 1 aliphatic carbocycles. The summed E-state index contributed by atoms with van der Waals surface area (Å²) in [6.07, 6.45) is -0.411. The van der Waals surface area contributed by atoms with Crippen molar-refractivity contribution in [2.24, 2.45) is 0 Å². The topological polar surface area (TPSA) is 48.3 Å². The van der Waals surface area contributed by atoms with E-state index in [0.29, 0.717) is 6.07 Å². The third kappa shape index (κ3) is 3.45. The molecule has 1 fully saturated rings. The van der Waals surface area contributed by atoms with E-state index in [-0.39, 0.29) is 17.5 Å². The quantitative estimate of drug-likeness (QED) is 0.603. The summed E-state index contributed by atoms with van der Waals surface area (Å²) in [5.41, 5.74) is -2.22. The van der Waals surface area contributed by atoms with Crippen LogP contribution in [0, 0.1) is 18.6 Å². The first-order chi connectivity index (χ1) is 12.2. The molecule has 2 atom stereocenters. The first-order valence-corrected chi connectivity index (χ1v) is 7.89. The number of benzene rings is 1. The number of rotatable bonds is 3. The fourth-order valence-corrected chi connectivity index (χ4v) is 2.65. The molecule has 0 aliphatic heterocycles. The first kappa shape index (κ1) is 19.9. The van der Waals surface area contributed by atoms with Crippen molar-refractivity contribution in [1.29, 1.82) is 0 Å². The largest absolute Gasteiger partial charge is 0.798 e. The summed E-state index contributed by atoms with van der Waals surface area (Å²) in [5.74, 6) is -4.17. The summed E-state index contributed by atoms with van der Waals surface area (Å²) in [5, 5.41) is -0.408. The second kappa shape index (κ2) is 7.47. The molecule has 0 radical (unpaired) electrons. The van der Waals surface area contributed by atoms with Crippen molar-refractivity contribution >= 4 is 24.3 Å². The summed E-state index contributed by atoms with van der Waals surface area (Å²) >= 11 is 0. The van der Waals surface area contributed by atoms with Gasteiger partial charge in [0.05, 0.1) is 11.6 Å². The number of aryl methyl sites for hydroxylation is 1. The van der Waals surface area contributed by atoms with E-state index in [1.165, 1.54) is 6.92 Å². The van der Waals surface area contributed by atoms with Crippen molar-refractivity contribution in [1.82, 2.24) is 4.57 Å². The molecule has 26 heavy (non-hydrogen) atoms. The van der Waals surface area contributed by atoms with E-state index in [2.05, 4.69) is 4.65 Å². The van der Waals surface area contributed by atoms with Gasteiger partial charge in [0.25, 0.3) is 0 Å². The van der Waals surface area contributed by atoms with Crippen molar-refractivity contribution < 1.29 is 31.3 Å². The van der Waals surface area contributed by atoms with Gasteiger partial charge in [0, 0.05) is 23.6 Å². The van der Waals surface area contributed by atoms with E-state index in [1.807, 2.05) is 13.8 Å². The first-order valence-electron chi connectivity index (χ1n) is 7.89. The predicted molar refractivity (Wildman–Crippen MR) is 86.1 cm³/mol. The molecule has 2 unspecified atom stereocenters. The third-order valence-electron chi connectivity index (χ3n) is 3.89. The Hall–Kier alpha value is -2.39. The van der Waals surface area contributed by atoms with Gasteiger partial charge >= 0.3 is 13.4 Å². The number of alkyl halides is 1. The second-order valence-electron chi connectivity index (χ2n) is 5.46. The van der Waals surface area contributed by atoms with Gasteiger partial charge in [0.2, 0.25) is 5.43 Å². The molecule has 4 nitrogen and oxygen atoms in total. The Bertz CT molecular complexity index is 915. The van der Waals surface area contributed by atoms with Gasteiger partial charge in [0.1, 0.15) is 11.7 Å². The molecule has 1 aromatic carbocycles.